The summed E-state index contributed by atoms with van der Waals surface area (Å²) in [4.78, 5) is 27.1. The van der Waals surface area contributed by atoms with Crippen molar-refractivity contribution in [3.8, 4) is 11.5 Å². The van der Waals surface area contributed by atoms with Crippen LogP contribution >= 0.6 is 23.2 Å². The number of hydrogen-bond acceptors (Lipinski definition) is 7. The van der Waals surface area contributed by atoms with Gasteiger partial charge in [0, 0.05) is 50.9 Å². The molecule has 0 saturated carbocycles. The molecule has 1 N–H and O–H groups in total. The fourth-order valence-corrected chi connectivity index (χ4v) is 3.85. The summed E-state index contributed by atoms with van der Waals surface area (Å²) in [7, 11) is 0. The van der Waals surface area contributed by atoms with Crippen LogP contribution in [0.25, 0.3) is 11.5 Å². The third kappa shape index (κ3) is 6.00. The lowest BCUT2D eigenvalue weighted by atomic mass is 10.0. The van der Waals surface area contributed by atoms with Gasteiger partial charge in [-0.3, -0.25) is 14.7 Å². The number of aromatic nitrogens is 4. The Labute approximate surface area is 190 Å². The molecule has 3 aromatic rings. The van der Waals surface area contributed by atoms with Crippen molar-refractivity contribution >= 4 is 29.1 Å². The van der Waals surface area contributed by atoms with Gasteiger partial charge in [-0.15, -0.1) is 0 Å². The predicted molar refractivity (Wildman–Crippen MR) is 117 cm³/mol. The third-order valence-electron chi connectivity index (χ3n) is 5.17. The number of likely N-dealkylation sites (tertiary alicyclic amines) is 1. The molecule has 0 aliphatic carbocycles. The molecule has 1 amide bonds. The van der Waals surface area contributed by atoms with Gasteiger partial charge in [0.25, 0.3) is 0 Å². The monoisotopic (exact) mass is 460 g/mol. The van der Waals surface area contributed by atoms with Gasteiger partial charge >= 0.3 is 0 Å². The number of benzene rings is 1. The lowest BCUT2D eigenvalue weighted by Gasteiger charge is -2.32. The van der Waals surface area contributed by atoms with Gasteiger partial charge in [-0.25, -0.2) is 4.98 Å². The van der Waals surface area contributed by atoms with Gasteiger partial charge in [0.05, 0.1) is 16.2 Å². The smallest absolute Gasteiger partial charge is 0.227 e. The topological polar surface area (TPSA) is 97.0 Å². The zero-order valence-electron chi connectivity index (χ0n) is 16.8. The Hall–Kier alpha value is -2.55. The lowest BCUT2D eigenvalue weighted by Crippen LogP contribution is -2.44. The SMILES string of the molecule is O=C(CCc1nc(-c2cnccn2)no1)NC1CCN(Cc2ccc(Cl)c(Cl)c2)CC1. The summed E-state index contributed by atoms with van der Waals surface area (Å²) in [5.74, 6) is 0.771. The van der Waals surface area contributed by atoms with Gasteiger partial charge in [-0.2, -0.15) is 4.98 Å². The highest BCUT2D eigenvalue weighted by Crippen LogP contribution is 2.24. The Balaban J connectivity index is 1.19. The summed E-state index contributed by atoms with van der Waals surface area (Å²) in [5, 5.41) is 8.15. The summed E-state index contributed by atoms with van der Waals surface area (Å²) >= 11 is 12.1. The highest BCUT2D eigenvalue weighted by molar-refractivity contribution is 6.42. The van der Waals surface area contributed by atoms with Crippen molar-refractivity contribution in [1.29, 1.82) is 0 Å². The van der Waals surface area contributed by atoms with E-state index in [2.05, 4.69) is 30.3 Å². The van der Waals surface area contributed by atoms with Gasteiger partial charge in [-0.05, 0) is 30.5 Å². The van der Waals surface area contributed by atoms with E-state index >= 15 is 0 Å². The van der Waals surface area contributed by atoms with Crippen molar-refractivity contribution in [3.63, 3.8) is 0 Å². The fraction of sp³-hybridized carbons (Fsp3) is 0.381. The molecule has 1 aromatic carbocycles. The van der Waals surface area contributed by atoms with Crippen molar-refractivity contribution < 1.29 is 9.32 Å². The molecular weight excluding hydrogens is 439 g/mol. The molecular formula is C21H22Cl2N6O2. The molecule has 4 rings (SSSR count). The molecule has 10 heteroatoms. The molecule has 0 unspecified atom stereocenters. The summed E-state index contributed by atoms with van der Waals surface area (Å²) in [6.07, 6.45) is 7.20. The minimum absolute atomic E-state index is 0.0119. The van der Waals surface area contributed by atoms with Crippen LogP contribution in [0.1, 0.15) is 30.7 Å². The number of hydrogen-bond donors (Lipinski definition) is 1. The quantitative estimate of drug-likeness (QED) is 0.575. The number of halogens is 2. The van der Waals surface area contributed by atoms with E-state index in [-0.39, 0.29) is 11.9 Å². The van der Waals surface area contributed by atoms with E-state index in [4.69, 9.17) is 27.7 Å². The highest BCUT2D eigenvalue weighted by atomic mass is 35.5. The predicted octanol–water partition coefficient (Wildman–Crippen LogP) is 3.55. The molecule has 1 fully saturated rings. The normalized spacial score (nSPS) is 15.2. The van der Waals surface area contributed by atoms with Crippen molar-refractivity contribution in [2.45, 2.75) is 38.3 Å². The second-order valence-electron chi connectivity index (χ2n) is 7.47. The van der Waals surface area contributed by atoms with Crippen LogP contribution in [0, 0.1) is 0 Å². The molecule has 1 saturated heterocycles. The average Bonchev–Trinajstić information content (AvgIpc) is 3.26. The molecule has 0 bridgehead atoms. The Morgan fingerprint density at radius 3 is 2.77 bits per heavy atom. The number of amides is 1. The van der Waals surface area contributed by atoms with E-state index in [1.807, 2.05) is 18.2 Å². The van der Waals surface area contributed by atoms with E-state index in [0.717, 1.165) is 38.0 Å². The van der Waals surface area contributed by atoms with E-state index in [1.54, 1.807) is 18.6 Å². The standard InChI is InChI=1S/C21H22Cl2N6O2/c22-16-2-1-14(11-17(16)23)13-29-9-5-15(6-10-29)26-19(30)3-4-20-27-21(28-31-20)18-12-24-7-8-25-18/h1-2,7-8,11-12,15H,3-6,9-10,13H2,(H,26,30). The lowest BCUT2D eigenvalue weighted by molar-refractivity contribution is -0.122. The van der Waals surface area contributed by atoms with Crippen LogP contribution in [0.5, 0.6) is 0 Å². The van der Waals surface area contributed by atoms with Gasteiger partial charge in [0.15, 0.2) is 0 Å². The molecule has 8 nitrogen and oxygen atoms in total. The first-order valence-electron chi connectivity index (χ1n) is 10.1. The summed E-state index contributed by atoms with van der Waals surface area (Å²) in [6, 6.07) is 5.90. The van der Waals surface area contributed by atoms with Crippen LogP contribution in [0.3, 0.4) is 0 Å². The van der Waals surface area contributed by atoms with Crippen LogP contribution in [-0.2, 0) is 17.8 Å². The van der Waals surface area contributed by atoms with Gasteiger partial charge in [0.2, 0.25) is 17.6 Å². The fourth-order valence-electron chi connectivity index (χ4n) is 3.53. The van der Waals surface area contributed by atoms with Crippen LogP contribution in [-0.4, -0.2) is 50.0 Å². The number of carbonyl (C=O) groups excluding carboxylic acids is 1. The Bertz CT molecular complexity index is 1020. The third-order valence-corrected chi connectivity index (χ3v) is 5.91. The molecule has 1 aliphatic rings. The Kier molecular flexibility index (Phi) is 7.11. The summed E-state index contributed by atoms with van der Waals surface area (Å²) in [6.45, 7) is 2.65. The van der Waals surface area contributed by atoms with Crippen LogP contribution < -0.4 is 5.32 Å². The van der Waals surface area contributed by atoms with Crippen LogP contribution in [0.4, 0.5) is 0 Å². The number of rotatable bonds is 7. The van der Waals surface area contributed by atoms with Gasteiger partial charge < -0.3 is 9.84 Å². The average molecular weight is 461 g/mol. The molecule has 0 radical (unpaired) electrons. The van der Waals surface area contributed by atoms with E-state index in [0.29, 0.717) is 40.3 Å². The highest BCUT2D eigenvalue weighted by Gasteiger charge is 2.21. The first-order chi connectivity index (χ1) is 15.1. The number of nitrogens with one attached hydrogen (secondary N) is 1. The maximum atomic E-state index is 12.3. The molecule has 1 aliphatic heterocycles. The molecule has 3 heterocycles. The Morgan fingerprint density at radius 1 is 1.19 bits per heavy atom. The minimum atomic E-state index is -0.0119. The van der Waals surface area contributed by atoms with E-state index in [1.165, 1.54) is 0 Å². The van der Waals surface area contributed by atoms with E-state index in [9.17, 15) is 4.79 Å². The zero-order chi connectivity index (χ0) is 21.6. The number of aryl methyl sites for hydroxylation is 1. The van der Waals surface area contributed by atoms with Crippen molar-refractivity contribution in [1.82, 2.24) is 30.3 Å². The maximum absolute atomic E-state index is 12.3. The van der Waals surface area contributed by atoms with Gasteiger partial charge in [0.1, 0.15) is 5.69 Å². The largest absolute Gasteiger partial charge is 0.353 e. The summed E-state index contributed by atoms with van der Waals surface area (Å²) in [5.41, 5.74) is 1.67. The van der Waals surface area contributed by atoms with E-state index < -0.39 is 0 Å². The van der Waals surface area contributed by atoms with Crippen molar-refractivity contribution in [3.05, 3.63) is 58.3 Å². The van der Waals surface area contributed by atoms with Crippen molar-refractivity contribution in [2.75, 3.05) is 13.1 Å². The zero-order valence-corrected chi connectivity index (χ0v) is 18.3. The minimum Gasteiger partial charge on any atom is -0.353 e. The first-order valence-corrected chi connectivity index (χ1v) is 10.9. The second-order valence-corrected chi connectivity index (χ2v) is 8.28. The van der Waals surface area contributed by atoms with Crippen molar-refractivity contribution in [2.24, 2.45) is 0 Å². The Morgan fingerprint density at radius 2 is 2.03 bits per heavy atom. The maximum Gasteiger partial charge on any atom is 0.227 e. The first kappa shape index (κ1) is 21.7. The van der Waals surface area contributed by atoms with Crippen LogP contribution in [0.15, 0.2) is 41.3 Å². The molecule has 31 heavy (non-hydrogen) atoms. The number of piperidine rings is 1. The molecule has 162 valence electrons. The van der Waals surface area contributed by atoms with Gasteiger partial charge in [-0.1, -0.05) is 34.4 Å². The van der Waals surface area contributed by atoms with Crippen LogP contribution in [0.2, 0.25) is 10.0 Å². The second kappa shape index (κ2) is 10.2. The summed E-state index contributed by atoms with van der Waals surface area (Å²) < 4.78 is 5.21. The molecule has 0 spiro atoms. The number of carbonyl (C=O) groups is 1. The molecule has 0 atom stereocenters. The molecule has 2 aromatic heterocycles. The number of nitrogens with zero attached hydrogens (tertiary/aromatic N) is 5.